The number of nitrogens with one attached hydrogen (secondary N) is 1. The van der Waals surface area contributed by atoms with Gasteiger partial charge < -0.3 is 10.7 Å². The number of aromatic nitrogens is 4. The molecule has 1 atom stereocenters. The van der Waals surface area contributed by atoms with Crippen molar-refractivity contribution in [2.24, 2.45) is 5.73 Å². The van der Waals surface area contributed by atoms with E-state index in [1.54, 1.807) is 30.9 Å². The Morgan fingerprint density at radius 2 is 1.61 bits per heavy atom. The number of H-pyrrole nitrogens is 1. The molecule has 0 saturated carbocycles. The third-order valence-electron chi connectivity index (χ3n) is 5.92. The number of nitrogens with zero attached hydrogens (tertiary/aromatic N) is 3. The number of rotatable bonds is 3. The molecule has 1 aliphatic carbocycles. The molecule has 2 aromatic carbocycles. The van der Waals surface area contributed by atoms with Crippen molar-refractivity contribution in [2.75, 3.05) is 0 Å². The van der Waals surface area contributed by atoms with Gasteiger partial charge in [0, 0.05) is 35.6 Å². The lowest BCUT2D eigenvalue weighted by Crippen LogP contribution is -2.16. The zero-order valence-electron chi connectivity index (χ0n) is 16.4. The van der Waals surface area contributed by atoms with Crippen molar-refractivity contribution in [1.82, 2.24) is 19.9 Å². The first-order chi connectivity index (χ1) is 15.2. The molecular formula is C25H17N5O. The van der Waals surface area contributed by atoms with Gasteiger partial charge in [0.2, 0.25) is 5.91 Å². The van der Waals surface area contributed by atoms with Crippen LogP contribution in [0.3, 0.4) is 0 Å². The molecule has 1 unspecified atom stereocenters. The average molecular weight is 403 g/mol. The minimum Gasteiger partial charge on any atom is -0.366 e. The van der Waals surface area contributed by atoms with Gasteiger partial charge in [-0.2, -0.15) is 0 Å². The Morgan fingerprint density at radius 3 is 2.48 bits per heavy atom. The SMILES string of the molecule is NC(=O)c1ccncc1C1c2ccccc2-c2c(-c3nc4ccncc4[nH]3)cccc21. The maximum atomic E-state index is 12.2. The van der Waals surface area contributed by atoms with Gasteiger partial charge in [-0.05, 0) is 39.9 Å². The highest BCUT2D eigenvalue weighted by molar-refractivity contribution is 5.97. The molecule has 0 radical (unpaired) electrons. The van der Waals surface area contributed by atoms with E-state index < -0.39 is 5.91 Å². The lowest BCUT2D eigenvalue weighted by molar-refractivity contribution is 0.0999. The van der Waals surface area contributed by atoms with E-state index in [2.05, 4.69) is 39.2 Å². The van der Waals surface area contributed by atoms with Crippen LogP contribution in [0.25, 0.3) is 33.5 Å². The van der Waals surface area contributed by atoms with E-state index >= 15 is 0 Å². The van der Waals surface area contributed by atoms with Crippen LogP contribution in [0.1, 0.15) is 33.0 Å². The largest absolute Gasteiger partial charge is 0.366 e. The normalized spacial score (nSPS) is 14.4. The fourth-order valence-corrected chi connectivity index (χ4v) is 4.63. The van der Waals surface area contributed by atoms with Crippen LogP contribution in [0.15, 0.2) is 79.4 Å². The Bertz CT molecular complexity index is 1450. The van der Waals surface area contributed by atoms with Crippen LogP contribution in [0.4, 0.5) is 0 Å². The van der Waals surface area contributed by atoms with Crippen molar-refractivity contribution in [3.63, 3.8) is 0 Å². The van der Waals surface area contributed by atoms with Gasteiger partial charge >= 0.3 is 0 Å². The molecule has 0 aliphatic heterocycles. The Kier molecular flexibility index (Phi) is 3.73. The predicted octanol–water partition coefficient (Wildman–Crippen LogP) is 4.28. The summed E-state index contributed by atoms with van der Waals surface area (Å²) in [5.41, 5.74) is 14.2. The molecule has 0 saturated heterocycles. The summed E-state index contributed by atoms with van der Waals surface area (Å²) >= 11 is 0. The second kappa shape index (κ2) is 6.60. The first kappa shape index (κ1) is 17.5. The van der Waals surface area contributed by atoms with Crippen molar-refractivity contribution in [3.05, 3.63) is 102 Å². The zero-order chi connectivity index (χ0) is 20.9. The van der Waals surface area contributed by atoms with E-state index in [4.69, 9.17) is 10.7 Å². The van der Waals surface area contributed by atoms with E-state index in [9.17, 15) is 4.79 Å². The highest BCUT2D eigenvalue weighted by Gasteiger charge is 2.34. The highest BCUT2D eigenvalue weighted by atomic mass is 16.1. The molecule has 0 bridgehead atoms. The average Bonchev–Trinajstić information content (AvgIpc) is 3.38. The van der Waals surface area contributed by atoms with E-state index in [1.807, 2.05) is 24.3 Å². The van der Waals surface area contributed by atoms with Crippen LogP contribution in [0.5, 0.6) is 0 Å². The smallest absolute Gasteiger partial charge is 0.249 e. The zero-order valence-corrected chi connectivity index (χ0v) is 16.4. The van der Waals surface area contributed by atoms with Gasteiger partial charge in [0.05, 0.1) is 17.2 Å². The van der Waals surface area contributed by atoms with Gasteiger partial charge in [-0.1, -0.05) is 42.5 Å². The van der Waals surface area contributed by atoms with Gasteiger partial charge in [0.1, 0.15) is 5.82 Å². The Morgan fingerprint density at radius 1 is 0.839 bits per heavy atom. The van der Waals surface area contributed by atoms with Gasteiger partial charge in [0.15, 0.2) is 0 Å². The van der Waals surface area contributed by atoms with Crippen LogP contribution < -0.4 is 5.73 Å². The summed E-state index contributed by atoms with van der Waals surface area (Å²) in [5.74, 6) is 0.203. The maximum absolute atomic E-state index is 12.2. The van der Waals surface area contributed by atoms with Gasteiger partial charge in [-0.15, -0.1) is 0 Å². The quantitative estimate of drug-likeness (QED) is 0.461. The van der Waals surface area contributed by atoms with Crippen LogP contribution in [-0.2, 0) is 0 Å². The maximum Gasteiger partial charge on any atom is 0.249 e. The molecule has 0 fully saturated rings. The van der Waals surface area contributed by atoms with Gasteiger partial charge in [-0.3, -0.25) is 14.8 Å². The monoisotopic (exact) mass is 403 g/mol. The molecule has 0 spiro atoms. The van der Waals surface area contributed by atoms with E-state index in [1.165, 1.54) is 0 Å². The van der Waals surface area contributed by atoms with Gasteiger partial charge in [0.25, 0.3) is 0 Å². The second-order valence-electron chi connectivity index (χ2n) is 7.60. The summed E-state index contributed by atoms with van der Waals surface area (Å²) in [6.07, 6.45) is 6.86. The number of aromatic amines is 1. The standard InChI is InChI=1S/C25H17N5O/c26-24(31)16-8-10-27-12-19(16)23-15-5-2-1-4-14(15)22-17(23)6-3-7-18(22)25-29-20-9-11-28-13-21(20)30-25/h1-13,23H,(H2,26,31)(H,29,30). The minimum absolute atomic E-state index is 0.131. The predicted molar refractivity (Wildman–Crippen MR) is 118 cm³/mol. The number of nitrogens with two attached hydrogens (primary N) is 1. The molecule has 3 N–H and O–H groups in total. The summed E-state index contributed by atoms with van der Waals surface area (Å²) in [4.78, 5) is 28.8. The number of carbonyl (C=O) groups is 1. The second-order valence-corrected chi connectivity index (χ2v) is 7.60. The van der Waals surface area contributed by atoms with Crippen LogP contribution in [-0.4, -0.2) is 25.8 Å². The number of benzene rings is 2. The molecular weight excluding hydrogens is 386 g/mol. The molecule has 3 aromatic heterocycles. The molecule has 6 heteroatoms. The summed E-state index contributed by atoms with van der Waals surface area (Å²) in [7, 11) is 0. The third kappa shape index (κ3) is 2.58. The summed E-state index contributed by atoms with van der Waals surface area (Å²) in [6.45, 7) is 0. The fraction of sp³-hybridized carbons (Fsp3) is 0.0400. The lowest BCUT2D eigenvalue weighted by atomic mass is 9.87. The first-order valence-corrected chi connectivity index (χ1v) is 9.98. The molecule has 6 rings (SSSR count). The van der Waals surface area contributed by atoms with Crippen LogP contribution in [0.2, 0.25) is 0 Å². The van der Waals surface area contributed by atoms with E-state index in [0.29, 0.717) is 5.56 Å². The number of imidazole rings is 1. The number of pyridine rings is 2. The van der Waals surface area contributed by atoms with Gasteiger partial charge in [-0.25, -0.2) is 4.98 Å². The molecule has 5 aromatic rings. The van der Waals surface area contributed by atoms with Crippen molar-refractivity contribution in [1.29, 1.82) is 0 Å². The first-order valence-electron chi connectivity index (χ1n) is 9.98. The Labute approximate surface area is 177 Å². The number of hydrogen-bond acceptors (Lipinski definition) is 4. The third-order valence-corrected chi connectivity index (χ3v) is 5.92. The number of primary amides is 1. The molecule has 6 nitrogen and oxygen atoms in total. The van der Waals surface area contributed by atoms with E-state index in [-0.39, 0.29) is 5.92 Å². The minimum atomic E-state index is -0.454. The number of carbonyl (C=O) groups excluding carboxylic acids is 1. The summed E-state index contributed by atoms with van der Waals surface area (Å²) < 4.78 is 0. The molecule has 31 heavy (non-hydrogen) atoms. The Hall–Kier alpha value is -4.32. The molecule has 1 aliphatic rings. The lowest BCUT2D eigenvalue weighted by Gasteiger charge is -2.16. The molecule has 148 valence electrons. The van der Waals surface area contributed by atoms with Crippen molar-refractivity contribution in [3.8, 4) is 22.5 Å². The van der Waals surface area contributed by atoms with Crippen molar-refractivity contribution < 1.29 is 4.79 Å². The van der Waals surface area contributed by atoms with Crippen molar-refractivity contribution >= 4 is 16.9 Å². The fourth-order valence-electron chi connectivity index (χ4n) is 4.63. The number of hydrogen-bond donors (Lipinski definition) is 2. The molecule has 3 heterocycles. The van der Waals surface area contributed by atoms with Crippen LogP contribution in [0, 0.1) is 0 Å². The van der Waals surface area contributed by atoms with Crippen molar-refractivity contribution in [2.45, 2.75) is 5.92 Å². The highest BCUT2D eigenvalue weighted by Crippen LogP contribution is 2.51. The van der Waals surface area contributed by atoms with E-state index in [0.717, 1.165) is 50.2 Å². The summed E-state index contributed by atoms with van der Waals surface area (Å²) in [6, 6.07) is 18.0. The Balaban J connectivity index is 1.64. The molecule has 1 amide bonds. The number of fused-ring (bicyclic) bond motifs is 4. The number of amides is 1. The van der Waals surface area contributed by atoms with Crippen LogP contribution >= 0.6 is 0 Å². The summed E-state index contributed by atoms with van der Waals surface area (Å²) in [5, 5.41) is 0. The topological polar surface area (TPSA) is 97.6 Å².